The molecule has 4 nitrogen and oxygen atoms in total. The minimum Gasteiger partial charge on any atom is -0.492 e. The Kier molecular flexibility index (Phi) is 6.50. The van der Waals surface area contributed by atoms with E-state index in [-0.39, 0.29) is 6.03 Å². The average molecular weight is 285 g/mol. The van der Waals surface area contributed by atoms with Gasteiger partial charge in [0.1, 0.15) is 5.75 Å². The number of carbonyl (C=O) groups is 1. The van der Waals surface area contributed by atoms with Gasteiger partial charge in [-0.2, -0.15) is 0 Å². The maximum absolute atomic E-state index is 11.5. The minimum absolute atomic E-state index is 0.161. The van der Waals surface area contributed by atoms with E-state index in [2.05, 4.69) is 10.6 Å². The van der Waals surface area contributed by atoms with Gasteiger partial charge >= 0.3 is 6.03 Å². The Labute approximate surface area is 119 Å². The predicted octanol–water partition coefficient (Wildman–Crippen LogP) is 3.26. The Bertz CT molecular complexity index is 436. The number of halogens is 1. The highest BCUT2D eigenvalue weighted by Crippen LogP contribution is 2.28. The zero-order chi connectivity index (χ0) is 14.3. The summed E-state index contributed by atoms with van der Waals surface area (Å²) in [7, 11) is 0. The normalized spacial score (nSPS) is 10.1. The van der Waals surface area contributed by atoms with Crippen LogP contribution < -0.4 is 15.4 Å². The summed E-state index contributed by atoms with van der Waals surface area (Å²) >= 11 is 6.13. The first-order valence-electron chi connectivity index (χ1n) is 6.52. The zero-order valence-corrected chi connectivity index (χ0v) is 12.4. The molecule has 0 radical (unpaired) electrons. The van der Waals surface area contributed by atoms with Gasteiger partial charge in [-0.3, -0.25) is 0 Å². The Morgan fingerprint density at radius 3 is 2.68 bits per heavy atom. The first-order chi connectivity index (χ1) is 9.08. The molecule has 0 aliphatic carbocycles. The zero-order valence-electron chi connectivity index (χ0n) is 11.7. The first kappa shape index (κ1) is 15.6. The number of urea groups is 1. The van der Waals surface area contributed by atoms with Crippen molar-refractivity contribution in [3.63, 3.8) is 0 Å². The van der Waals surface area contributed by atoms with Crippen LogP contribution in [0, 0.1) is 6.92 Å². The second kappa shape index (κ2) is 7.89. The van der Waals surface area contributed by atoms with Gasteiger partial charge in [0.2, 0.25) is 0 Å². The second-order valence-corrected chi connectivity index (χ2v) is 4.66. The molecule has 0 heterocycles. The molecule has 19 heavy (non-hydrogen) atoms. The number of hydrogen-bond donors (Lipinski definition) is 2. The summed E-state index contributed by atoms with van der Waals surface area (Å²) in [6.45, 7) is 7.61. The quantitative estimate of drug-likeness (QED) is 0.842. The van der Waals surface area contributed by atoms with E-state index in [1.54, 1.807) is 0 Å². The molecule has 0 fully saturated rings. The third-order valence-corrected chi connectivity index (χ3v) is 2.96. The van der Waals surface area contributed by atoms with Crippen LogP contribution in [-0.4, -0.2) is 19.2 Å². The van der Waals surface area contributed by atoms with Crippen LogP contribution in [0.15, 0.2) is 12.1 Å². The largest absolute Gasteiger partial charge is 0.492 e. The average Bonchev–Trinajstić information content (AvgIpc) is 2.38. The standard InChI is InChI=1S/C14H21ClN2O2/c1-4-6-16-14(18)17-9-11-8-12(15)13(19-5-2)7-10(11)3/h7-8H,4-6,9H2,1-3H3,(H2,16,17,18). The molecule has 0 aromatic heterocycles. The SMILES string of the molecule is CCCNC(=O)NCc1cc(Cl)c(OCC)cc1C. The van der Waals surface area contributed by atoms with Gasteiger partial charge in [-0.1, -0.05) is 18.5 Å². The third kappa shape index (κ3) is 4.99. The fraction of sp³-hybridized carbons (Fsp3) is 0.500. The molecule has 0 aliphatic rings. The van der Waals surface area contributed by atoms with Crippen LogP contribution in [0.1, 0.15) is 31.4 Å². The summed E-state index contributed by atoms with van der Waals surface area (Å²) < 4.78 is 5.42. The number of amides is 2. The third-order valence-electron chi connectivity index (χ3n) is 2.67. The lowest BCUT2D eigenvalue weighted by Crippen LogP contribution is -2.35. The first-order valence-corrected chi connectivity index (χ1v) is 6.89. The van der Waals surface area contributed by atoms with Gasteiger partial charge in [0.15, 0.2) is 0 Å². The maximum atomic E-state index is 11.5. The van der Waals surface area contributed by atoms with Gasteiger partial charge < -0.3 is 15.4 Å². The molecule has 5 heteroatoms. The summed E-state index contributed by atoms with van der Waals surface area (Å²) in [6, 6.07) is 3.57. The lowest BCUT2D eigenvalue weighted by atomic mass is 10.1. The van der Waals surface area contributed by atoms with Crippen LogP contribution in [-0.2, 0) is 6.54 Å². The molecule has 0 saturated heterocycles. The molecule has 1 aromatic carbocycles. The van der Waals surface area contributed by atoms with E-state index in [9.17, 15) is 4.79 Å². The van der Waals surface area contributed by atoms with E-state index in [0.717, 1.165) is 17.5 Å². The molecule has 0 atom stereocenters. The molecule has 0 bridgehead atoms. The van der Waals surface area contributed by atoms with Crippen LogP contribution >= 0.6 is 11.6 Å². The summed E-state index contributed by atoms with van der Waals surface area (Å²) in [5.74, 6) is 0.681. The van der Waals surface area contributed by atoms with Crippen molar-refractivity contribution < 1.29 is 9.53 Å². The van der Waals surface area contributed by atoms with E-state index < -0.39 is 0 Å². The van der Waals surface area contributed by atoms with Crippen molar-refractivity contribution in [2.24, 2.45) is 0 Å². The Morgan fingerprint density at radius 1 is 1.32 bits per heavy atom. The van der Waals surface area contributed by atoms with E-state index in [0.29, 0.717) is 30.5 Å². The van der Waals surface area contributed by atoms with Crippen molar-refractivity contribution in [1.29, 1.82) is 0 Å². The molecule has 1 rings (SSSR count). The highest BCUT2D eigenvalue weighted by atomic mass is 35.5. The van der Waals surface area contributed by atoms with Gasteiger partial charge in [-0.15, -0.1) is 0 Å². The smallest absolute Gasteiger partial charge is 0.315 e. The molecule has 106 valence electrons. The van der Waals surface area contributed by atoms with Gasteiger partial charge in [-0.25, -0.2) is 4.79 Å². The molecule has 2 amide bonds. The molecule has 2 N–H and O–H groups in total. The van der Waals surface area contributed by atoms with Crippen molar-refractivity contribution in [2.45, 2.75) is 33.7 Å². The van der Waals surface area contributed by atoms with Gasteiger partial charge in [0.05, 0.1) is 11.6 Å². The Hall–Kier alpha value is -1.42. The van der Waals surface area contributed by atoms with Crippen molar-refractivity contribution in [3.8, 4) is 5.75 Å². The monoisotopic (exact) mass is 284 g/mol. The van der Waals surface area contributed by atoms with E-state index >= 15 is 0 Å². The topological polar surface area (TPSA) is 50.4 Å². The summed E-state index contributed by atoms with van der Waals surface area (Å²) in [4.78, 5) is 11.5. The minimum atomic E-state index is -0.161. The van der Waals surface area contributed by atoms with E-state index in [1.165, 1.54) is 0 Å². The molecular formula is C14H21ClN2O2. The second-order valence-electron chi connectivity index (χ2n) is 4.25. The van der Waals surface area contributed by atoms with E-state index in [4.69, 9.17) is 16.3 Å². The number of rotatable bonds is 6. The van der Waals surface area contributed by atoms with Gasteiger partial charge in [0.25, 0.3) is 0 Å². The highest BCUT2D eigenvalue weighted by molar-refractivity contribution is 6.32. The van der Waals surface area contributed by atoms with Crippen LogP contribution in [0.2, 0.25) is 5.02 Å². The summed E-state index contributed by atoms with van der Waals surface area (Å²) in [5, 5.41) is 6.13. The van der Waals surface area contributed by atoms with Crippen molar-refractivity contribution >= 4 is 17.6 Å². The number of hydrogen-bond acceptors (Lipinski definition) is 2. The molecule has 0 aliphatic heterocycles. The summed E-state index contributed by atoms with van der Waals surface area (Å²) in [5.41, 5.74) is 2.03. The van der Waals surface area contributed by atoms with Crippen LogP contribution in [0.3, 0.4) is 0 Å². The Morgan fingerprint density at radius 2 is 2.05 bits per heavy atom. The summed E-state index contributed by atoms with van der Waals surface area (Å²) in [6.07, 6.45) is 0.918. The van der Waals surface area contributed by atoms with Gasteiger partial charge in [-0.05, 0) is 43.5 Å². The van der Waals surface area contributed by atoms with Crippen LogP contribution in [0.5, 0.6) is 5.75 Å². The number of nitrogens with one attached hydrogen (secondary N) is 2. The maximum Gasteiger partial charge on any atom is 0.315 e. The highest BCUT2D eigenvalue weighted by Gasteiger charge is 2.08. The van der Waals surface area contributed by atoms with Gasteiger partial charge in [0, 0.05) is 13.1 Å². The molecular weight excluding hydrogens is 264 g/mol. The fourth-order valence-corrected chi connectivity index (χ4v) is 1.87. The fourth-order valence-electron chi connectivity index (χ4n) is 1.63. The van der Waals surface area contributed by atoms with E-state index in [1.807, 2.05) is 32.9 Å². The van der Waals surface area contributed by atoms with Crippen LogP contribution in [0.4, 0.5) is 4.79 Å². The molecule has 0 spiro atoms. The number of ether oxygens (including phenoxy) is 1. The predicted molar refractivity (Wildman–Crippen MR) is 77.9 cm³/mol. The number of carbonyl (C=O) groups excluding carboxylic acids is 1. The molecule has 0 saturated carbocycles. The number of benzene rings is 1. The molecule has 1 aromatic rings. The number of aryl methyl sites for hydroxylation is 1. The van der Waals surface area contributed by atoms with Crippen LogP contribution in [0.25, 0.3) is 0 Å². The van der Waals surface area contributed by atoms with Crippen molar-refractivity contribution in [1.82, 2.24) is 10.6 Å². The van der Waals surface area contributed by atoms with Crippen molar-refractivity contribution in [2.75, 3.05) is 13.2 Å². The van der Waals surface area contributed by atoms with Crippen molar-refractivity contribution in [3.05, 3.63) is 28.3 Å². The molecule has 0 unspecified atom stereocenters. The lowest BCUT2D eigenvalue weighted by molar-refractivity contribution is 0.240. The Balaban J connectivity index is 2.64. The lowest BCUT2D eigenvalue weighted by Gasteiger charge is -2.12.